The van der Waals surface area contributed by atoms with Gasteiger partial charge in [-0.05, 0) is 53.1 Å². The van der Waals surface area contributed by atoms with Crippen LogP contribution in [0.5, 0.6) is 0 Å². The molecule has 262 valence electrons. The molecule has 56 heavy (non-hydrogen) atoms. The van der Waals surface area contributed by atoms with Gasteiger partial charge in [0.25, 0.3) is 0 Å². The van der Waals surface area contributed by atoms with Gasteiger partial charge in [-0.25, -0.2) is 15.0 Å². The molecule has 0 radical (unpaired) electrons. The maximum atomic E-state index is 6.58. The molecule has 0 aliphatic rings. The van der Waals surface area contributed by atoms with Gasteiger partial charge in [0, 0.05) is 49.5 Å². The van der Waals surface area contributed by atoms with Crippen molar-refractivity contribution >= 4 is 43.7 Å². The van der Waals surface area contributed by atoms with E-state index in [0.29, 0.717) is 17.5 Å². The molecule has 3 heterocycles. The summed E-state index contributed by atoms with van der Waals surface area (Å²) in [5.74, 6) is 1.89. The zero-order valence-corrected chi connectivity index (χ0v) is 30.2. The normalized spacial score (nSPS) is 11.6. The molecule has 0 spiro atoms. The van der Waals surface area contributed by atoms with Gasteiger partial charge in [-0.3, -0.25) is 0 Å². The van der Waals surface area contributed by atoms with E-state index in [-0.39, 0.29) is 0 Å². The van der Waals surface area contributed by atoms with E-state index >= 15 is 0 Å². The molecule has 5 nitrogen and oxygen atoms in total. The minimum Gasteiger partial charge on any atom is -0.456 e. The molecule has 0 aliphatic carbocycles. The second-order valence-electron chi connectivity index (χ2n) is 14.0. The summed E-state index contributed by atoms with van der Waals surface area (Å²) >= 11 is 0. The second kappa shape index (κ2) is 13.0. The highest BCUT2D eigenvalue weighted by molar-refractivity contribution is 6.16. The molecular weight excluding hydrogens is 685 g/mol. The standard InChI is InChI=1S/C51H32N4O/c1-4-15-33(16-5-1)39-24-14-28-45-47(39)43-30-29-36(32-46(43)56-45)40-25-13-26-42-41-23-10-11-27-44(41)55(48(40)42)38-22-12-21-37(31-38)51-53-49(34-17-6-2-7-18-34)52-50(54-51)35-19-8-3-9-20-35/h1-32H. The van der Waals surface area contributed by atoms with Crippen LogP contribution in [0.1, 0.15) is 0 Å². The van der Waals surface area contributed by atoms with Gasteiger partial charge in [0.2, 0.25) is 0 Å². The van der Waals surface area contributed by atoms with E-state index in [2.05, 4.69) is 138 Å². The average molecular weight is 717 g/mol. The summed E-state index contributed by atoms with van der Waals surface area (Å²) in [6.07, 6.45) is 0. The molecule has 5 heteroatoms. The van der Waals surface area contributed by atoms with Gasteiger partial charge in [-0.2, -0.15) is 0 Å². The largest absolute Gasteiger partial charge is 0.456 e. The van der Waals surface area contributed by atoms with Crippen molar-refractivity contribution < 1.29 is 4.42 Å². The van der Waals surface area contributed by atoms with Crippen LogP contribution >= 0.6 is 0 Å². The summed E-state index contributed by atoms with van der Waals surface area (Å²) in [5.41, 5.74) is 12.3. The van der Waals surface area contributed by atoms with Crippen molar-refractivity contribution in [3.05, 3.63) is 194 Å². The summed E-state index contributed by atoms with van der Waals surface area (Å²) in [4.78, 5) is 15.0. The van der Waals surface area contributed by atoms with Crippen molar-refractivity contribution in [2.45, 2.75) is 0 Å². The molecule has 11 aromatic rings. The minimum absolute atomic E-state index is 0.616. The van der Waals surface area contributed by atoms with Crippen molar-refractivity contribution in [1.29, 1.82) is 0 Å². The lowest BCUT2D eigenvalue weighted by molar-refractivity contribution is 0.669. The third-order valence-corrected chi connectivity index (χ3v) is 10.6. The molecule has 0 amide bonds. The third-order valence-electron chi connectivity index (χ3n) is 10.6. The molecule has 3 aromatic heterocycles. The average Bonchev–Trinajstić information content (AvgIpc) is 3.83. The van der Waals surface area contributed by atoms with Crippen LogP contribution in [-0.4, -0.2) is 19.5 Å². The summed E-state index contributed by atoms with van der Waals surface area (Å²) in [6, 6.07) is 67.4. The molecule has 11 rings (SSSR count). The molecule has 0 N–H and O–H groups in total. The molecule has 0 saturated carbocycles. The van der Waals surface area contributed by atoms with Crippen molar-refractivity contribution in [1.82, 2.24) is 19.5 Å². The lowest BCUT2D eigenvalue weighted by Crippen LogP contribution is -2.01. The fourth-order valence-electron chi connectivity index (χ4n) is 8.09. The second-order valence-corrected chi connectivity index (χ2v) is 14.0. The van der Waals surface area contributed by atoms with Crippen LogP contribution in [0.4, 0.5) is 0 Å². The number of fused-ring (bicyclic) bond motifs is 6. The van der Waals surface area contributed by atoms with Crippen molar-refractivity contribution in [3.8, 4) is 62.1 Å². The number of nitrogens with zero attached hydrogens (tertiary/aromatic N) is 4. The van der Waals surface area contributed by atoms with Crippen LogP contribution in [-0.2, 0) is 0 Å². The van der Waals surface area contributed by atoms with Crippen LogP contribution in [0.15, 0.2) is 199 Å². The summed E-state index contributed by atoms with van der Waals surface area (Å²) < 4.78 is 8.96. The number of hydrogen-bond donors (Lipinski definition) is 0. The summed E-state index contributed by atoms with van der Waals surface area (Å²) in [7, 11) is 0. The predicted molar refractivity (Wildman–Crippen MR) is 229 cm³/mol. The van der Waals surface area contributed by atoms with E-state index < -0.39 is 0 Å². The number of hydrogen-bond acceptors (Lipinski definition) is 4. The fraction of sp³-hybridized carbons (Fsp3) is 0. The smallest absolute Gasteiger partial charge is 0.164 e. The van der Waals surface area contributed by atoms with Gasteiger partial charge in [0.1, 0.15) is 11.2 Å². The van der Waals surface area contributed by atoms with Crippen LogP contribution in [0, 0.1) is 0 Å². The first-order valence-corrected chi connectivity index (χ1v) is 18.8. The Balaban J connectivity index is 1.10. The molecule has 0 bridgehead atoms. The topological polar surface area (TPSA) is 56.7 Å². The number of rotatable bonds is 6. The molecular formula is C51H32N4O. The number of benzene rings is 8. The Hall–Kier alpha value is -7.63. The van der Waals surface area contributed by atoms with E-state index in [1.807, 2.05) is 60.7 Å². The summed E-state index contributed by atoms with van der Waals surface area (Å²) in [5, 5.41) is 4.60. The number of aromatic nitrogens is 4. The SMILES string of the molecule is c1ccc(-c2nc(-c3ccccc3)nc(-c3cccc(-n4c5ccccc5c5cccc(-c6ccc7c(c6)oc6cccc(-c8ccccc8)c67)c54)c3)n2)cc1. The minimum atomic E-state index is 0.616. The number of furan rings is 1. The zero-order valence-electron chi connectivity index (χ0n) is 30.2. The molecule has 0 aliphatic heterocycles. The van der Waals surface area contributed by atoms with E-state index in [4.69, 9.17) is 19.4 Å². The quantitative estimate of drug-likeness (QED) is 0.172. The van der Waals surface area contributed by atoms with E-state index in [1.165, 1.54) is 21.9 Å². The first-order chi connectivity index (χ1) is 27.8. The van der Waals surface area contributed by atoms with Crippen molar-refractivity contribution in [2.75, 3.05) is 0 Å². The van der Waals surface area contributed by atoms with Crippen LogP contribution < -0.4 is 0 Å². The zero-order chi connectivity index (χ0) is 37.0. The maximum Gasteiger partial charge on any atom is 0.164 e. The molecule has 8 aromatic carbocycles. The van der Waals surface area contributed by atoms with Crippen molar-refractivity contribution in [2.24, 2.45) is 0 Å². The first kappa shape index (κ1) is 31.9. The van der Waals surface area contributed by atoms with E-state index in [1.54, 1.807) is 0 Å². The lowest BCUT2D eigenvalue weighted by atomic mass is 9.97. The first-order valence-electron chi connectivity index (χ1n) is 18.8. The highest BCUT2D eigenvalue weighted by Crippen LogP contribution is 2.42. The maximum absolute atomic E-state index is 6.58. The van der Waals surface area contributed by atoms with E-state index in [9.17, 15) is 0 Å². The molecule has 0 atom stereocenters. The lowest BCUT2D eigenvalue weighted by Gasteiger charge is -2.13. The van der Waals surface area contributed by atoms with Crippen LogP contribution in [0.25, 0.3) is 106 Å². The van der Waals surface area contributed by atoms with Gasteiger partial charge in [-0.1, -0.05) is 158 Å². The predicted octanol–water partition coefficient (Wildman–Crippen LogP) is 13.2. The monoisotopic (exact) mass is 716 g/mol. The molecule has 0 saturated heterocycles. The van der Waals surface area contributed by atoms with Gasteiger partial charge < -0.3 is 8.98 Å². The molecule has 0 fully saturated rings. The van der Waals surface area contributed by atoms with Gasteiger partial charge in [0.05, 0.1) is 11.0 Å². The molecule has 0 unspecified atom stereocenters. The Bertz CT molecular complexity index is 3180. The Morgan fingerprint density at radius 1 is 0.357 bits per heavy atom. The van der Waals surface area contributed by atoms with Gasteiger partial charge in [-0.15, -0.1) is 0 Å². The third kappa shape index (κ3) is 5.29. The van der Waals surface area contributed by atoms with Gasteiger partial charge >= 0.3 is 0 Å². The Morgan fingerprint density at radius 3 is 1.66 bits per heavy atom. The van der Waals surface area contributed by atoms with Crippen LogP contribution in [0.3, 0.4) is 0 Å². The highest BCUT2D eigenvalue weighted by atomic mass is 16.3. The van der Waals surface area contributed by atoms with Crippen molar-refractivity contribution in [3.63, 3.8) is 0 Å². The highest BCUT2D eigenvalue weighted by Gasteiger charge is 2.20. The van der Waals surface area contributed by atoms with Crippen LogP contribution in [0.2, 0.25) is 0 Å². The Labute approximate surface area is 322 Å². The van der Waals surface area contributed by atoms with Gasteiger partial charge in [0.15, 0.2) is 17.5 Å². The number of para-hydroxylation sites is 2. The Morgan fingerprint density at radius 2 is 0.929 bits per heavy atom. The van der Waals surface area contributed by atoms with E-state index in [0.717, 1.165) is 66.5 Å². The fourth-order valence-corrected chi connectivity index (χ4v) is 8.09. The summed E-state index contributed by atoms with van der Waals surface area (Å²) in [6.45, 7) is 0. The Kier molecular flexibility index (Phi) is 7.42.